The van der Waals surface area contributed by atoms with Crippen LogP contribution in [-0.2, 0) is 0 Å². The highest BCUT2D eigenvalue weighted by Gasteiger charge is 2.20. The van der Waals surface area contributed by atoms with E-state index in [1.807, 2.05) is 53.9 Å². The van der Waals surface area contributed by atoms with Gasteiger partial charge in [0.25, 0.3) is 5.69 Å². The first kappa shape index (κ1) is 22.3. The number of thiazole rings is 1. The van der Waals surface area contributed by atoms with Gasteiger partial charge < -0.3 is 9.52 Å². The number of aliphatic hydroxyl groups is 1. The lowest BCUT2D eigenvalue weighted by Gasteiger charge is -2.02. The molecule has 0 saturated heterocycles. The molecule has 0 saturated carbocycles. The predicted octanol–water partition coefficient (Wildman–Crippen LogP) is 7.73. The number of nitrogens with zero attached hydrogens (tertiary/aromatic N) is 3. The van der Waals surface area contributed by atoms with Crippen molar-refractivity contribution in [2.45, 2.75) is 0 Å². The third-order valence-electron chi connectivity index (χ3n) is 5.38. The van der Waals surface area contributed by atoms with E-state index in [2.05, 4.69) is 4.98 Å². The second-order valence-corrected chi connectivity index (χ2v) is 8.79. The maximum atomic E-state index is 10.9. The molecule has 5 rings (SSSR count). The summed E-state index contributed by atoms with van der Waals surface area (Å²) in [5, 5.41) is 36.0. The highest BCUT2D eigenvalue weighted by molar-refractivity contribution is 7.11. The molecule has 0 aliphatic carbocycles. The number of nitro benzene ring substituents is 1. The molecule has 0 radical (unpaired) electrons. The molecule has 7 nitrogen and oxygen atoms in total. The molecule has 0 spiro atoms. The molecule has 0 fully saturated rings. The van der Waals surface area contributed by atoms with Crippen molar-refractivity contribution in [3.8, 4) is 28.7 Å². The summed E-state index contributed by atoms with van der Waals surface area (Å²) in [7, 11) is 0. The van der Waals surface area contributed by atoms with Gasteiger partial charge in [-0.15, -0.1) is 11.3 Å². The largest absolute Gasteiger partial charge is 0.503 e. The third-order valence-corrected chi connectivity index (χ3v) is 6.55. The highest BCUT2D eigenvalue weighted by Crippen LogP contribution is 2.36. The summed E-state index contributed by atoms with van der Waals surface area (Å²) in [5.41, 5.74) is 1.83. The van der Waals surface area contributed by atoms with E-state index in [4.69, 9.17) is 16.0 Å². The Kier molecular flexibility index (Phi) is 5.79. The number of halogens is 1. The van der Waals surface area contributed by atoms with Crippen LogP contribution in [-0.4, -0.2) is 15.0 Å². The minimum Gasteiger partial charge on any atom is -0.503 e. The standard InChI is InChI=1S/C26H14ClN3O4S/c27-21-12-18(30(32)33)7-8-19(21)23-9-10-24(34-23)25(31)20(13-28)26-29-22(14-35-26)17-6-5-15-3-1-2-4-16(15)11-17/h1-12,14,31H. The Labute approximate surface area is 207 Å². The number of nitro groups is 1. The zero-order chi connectivity index (χ0) is 24.5. The lowest BCUT2D eigenvalue weighted by molar-refractivity contribution is -0.384. The highest BCUT2D eigenvalue weighted by atomic mass is 35.5. The number of rotatable bonds is 5. The Morgan fingerprint density at radius 1 is 1.09 bits per heavy atom. The summed E-state index contributed by atoms with van der Waals surface area (Å²) in [6.45, 7) is 0. The van der Waals surface area contributed by atoms with Crippen molar-refractivity contribution in [3.05, 3.63) is 104 Å². The average Bonchev–Trinajstić information content (AvgIpc) is 3.55. The molecule has 35 heavy (non-hydrogen) atoms. The minimum absolute atomic E-state index is 0.0299. The Bertz CT molecular complexity index is 1680. The van der Waals surface area contributed by atoms with Gasteiger partial charge >= 0.3 is 0 Å². The molecule has 3 aromatic carbocycles. The molecular weight excluding hydrogens is 486 g/mol. The number of fused-ring (bicyclic) bond motifs is 1. The molecular formula is C26H14ClN3O4S. The number of benzene rings is 3. The van der Waals surface area contributed by atoms with Crippen molar-refractivity contribution in [1.29, 1.82) is 5.26 Å². The number of hydrogen-bond acceptors (Lipinski definition) is 7. The Hall–Kier alpha value is -4.45. The summed E-state index contributed by atoms with van der Waals surface area (Å²) in [6.07, 6.45) is 0. The van der Waals surface area contributed by atoms with Gasteiger partial charge in [-0.3, -0.25) is 10.1 Å². The van der Waals surface area contributed by atoms with E-state index in [9.17, 15) is 20.5 Å². The van der Waals surface area contributed by atoms with Crippen LogP contribution in [0.1, 0.15) is 10.8 Å². The van der Waals surface area contributed by atoms with E-state index in [0.29, 0.717) is 22.0 Å². The molecule has 9 heteroatoms. The molecule has 0 unspecified atom stereocenters. The zero-order valence-corrected chi connectivity index (χ0v) is 19.4. The smallest absolute Gasteiger partial charge is 0.270 e. The van der Waals surface area contributed by atoms with E-state index < -0.39 is 4.92 Å². The Balaban J connectivity index is 1.48. The SMILES string of the molecule is N#CC(=C(O)c1ccc(-c2ccc([N+](=O)[O-])cc2Cl)o1)c1nc(-c2ccc3ccccc3c2)cs1. The summed E-state index contributed by atoms with van der Waals surface area (Å²) < 4.78 is 5.72. The second-order valence-electron chi connectivity index (χ2n) is 7.52. The van der Waals surface area contributed by atoms with E-state index in [-0.39, 0.29) is 27.8 Å². The van der Waals surface area contributed by atoms with Gasteiger partial charge in [-0.1, -0.05) is 48.0 Å². The van der Waals surface area contributed by atoms with Crippen LogP contribution < -0.4 is 0 Å². The fourth-order valence-corrected chi connectivity index (χ4v) is 4.71. The van der Waals surface area contributed by atoms with Crippen molar-refractivity contribution in [1.82, 2.24) is 4.98 Å². The van der Waals surface area contributed by atoms with Crippen LogP contribution in [0.15, 0.2) is 82.6 Å². The van der Waals surface area contributed by atoms with Crippen molar-refractivity contribution < 1.29 is 14.4 Å². The van der Waals surface area contributed by atoms with Crippen molar-refractivity contribution in [2.75, 3.05) is 0 Å². The first-order chi connectivity index (χ1) is 16.9. The van der Waals surface area contributed by atoms with E-state index in [0.717, 1.165) is 16.3 Å². The lowest BCUT2D eigenvalue weighted by atomic mass is 10.1. The molecule has 0 bridgehead atoms. The van der Waals surface area contributed by atoms with Crippen LogP contribution in [0, 0.1) is 21.4 Å². The maximum Gasteiger partial charge on any atom is 0.270 e. The first-order valence-corrected chi connectivity index (χ1v) is 11.5. The molecule has 0 aliphatic rings. The van der Waals surface area contributed by atoms with Crippen LogP contribution >= 0.6 is 22.9 Å². The van der Waals surface area contributed by atoms with Gasteiger partial charge in [0.15, 0.2) is 11.5 Å². The lowest BCUT2D eigenvalue weighted by Crippen LogP contribution is -1.89. The molecule has 5 aromatic rings. The van der Waals surface area contributed by atoms with Crippen molar-refractivity contribution in [3.63, 3.8) is 0 Å². The van der Waals surface area contributed by atoms with Crippen LogP contribution in [0.25, 0.3) is 44.7 Å². The average molecular weight is 500 g/mol. The monoisotopic (exact) mass is 499 g/mol. The van der Waals surface area contributed by atoms with Gasteiger partial charge in [0, 0.05) is 28.6 Å². The molecule has 1 N–H and O–H groups in total. The number of non-ortho nitro benzene ring substituents is 1. The summed E-state index contributed by atoms with van der Waals surface area (Å²) >= 11 is 7.42. The summed E-state index contributed by atoms with van der Waals surface area (Å²) in [4.78, 5) is 15.0. The molecule has 0 aliphatic heterocycles. The van der Waals surface area contributed by atoms with Crippen molar-refractivity contribution >= 4 is 50.7 Å². The van der Waals surface area contributed by atoms with Gasteiger partial charge in [-0.05, 0) is 35.0 Å². The fraction of sp³-hybridized carbons (Fsp3) is 0. The number of allylic oxidation sites excluding steroid dienone is 1. The minimum atomic E-state index is -0.544. The number of furan rings is 1. The molecule has 2 aromatic heterocycles. The quantitative estimate of drug-likeness (QED) is 0.114. The van der Waals surface area contributed by atoms with Crippen LogP contribution in [0.3, 0.4) is 0 Å². The molecule has 170 valence electrons. The van der Waals surface area contributed by atoms with Crippen LogP contribution in [0.4, 0.5) is 5.69 Å². The van der Waals surface area contributed by atoms with E-state index >= 15 is 0 Å². The molecule has 0 atom stereocenters. The second kappa shape index (κ2) is 9.06. The van der Waals surface area contributed by atoms with Gasteiger partial charge in [0.05, 0.1) is 15.6 Å². The van der Waals surface area contributed by atoms with Gasteiger partial charge in [-0.25, -0.2) is 4.98 Å². The number of aromatic nitrogens is 1. The Morgan fingerprint density at radius 3 is 2.63 bits per heavy atom. The van der Waals surface area contributed by atoms with Crippen molar-refractivity contribution in [2.24, 2.45) is 0 Å². The first-order valence-electron chi connectivity index (χ1n) is 10.3. The fourth-order valence-electron chi connectivity index (χ4n) is 3.62. The van der Waals surface area contributed by atoms with Gasteiger partial charge in [-0.2, -0.15) is 5.26 Å². The topological polar surface area (TPSA) is 113 Å². The van der Waals surface area contributed by atoms with E-state index in [1.165, 1.54) is 35.6 Å². The molecule has 0 amide bonds. The summed E-state index contributed by atoms with van der Waals surface area (Å²) in [6, 6.07) is 23.1. The van der Waals surface area contributed by atoms with Gasteiger partial charge in [0.2, 0.25) is 0 Å². The normalized spacial score (nSPS) is 11.8. The maximum absolute atomic E-state index is 10.9. The summed E-state index contributed by atoms with van der Waals surface area (Å²) in [5.74, 6) is -0.0238. The number of aliphatic hydroxyl groups excluding tert-OH is 1. The van der Waals surface area contributed by atoms with E-state index in [1.54, 1.807) is 6.07 Å². The number of nitriles is 1. The predicted molar refractivity (Wildman–Crippen MR) is 136 cm³/mol. The van der Waals surface area contributed by atoms with Crippen LogP contribution in [0.2, 0.25) is 5.02 Å². The number of hydrogen-bond donors (Lipinski definition) is 1. The van der Waals surface area contributed by atoms with Gasteiger partial charge in [0.1, 0.15) is 22.4 Å². The third kappa shape index (κ3) is 4.26. The zero-order valence-electron chi connectivity index (χ0n) is 17.8. The van der Waals surface area contributed by atoms with Crippen LogP contribution in [0.5, 0.6) is 0 Å². The Morgan fingerprint density at radius 2 is 1.89 bits per heavy atom. The molecule has 2 heterocycles.